The van der Waals surface area contributed by atoms with E-state index in [0.29, 0.717) is 23.7 Å². The Labute approximate surface area is 146 Å². The first-order chi connectivity index (χ1) is 12.1. The fourth-order valence-corrected chi connectivity index (χ4v) is 3.48. The first kappa shape index (κ1) is 17.4. The van der Waals surface area contributed by atoms with Gasteiger partial charge in [0, 0.05) is 24.4 Å². The molecule has 1 aliphatic carbocycles. The molecule has 3 rings (SSSR count). The predicted molar refractivity (Wildman–Crippen MR) is 93.6 cm³/mol. The summed E-state index contributed by atoms with van der Waals surface area (Å²) in [5, 5.41) is 4.32. The van der Waals surface area contributed by atoms with Gasteiger partial charge in [-0.1, -0.05) is 12.8 Å². The highest BCUT2D eigenvalue weighted by Gasteiger charge is 2.26. The zero-order valence-electron chi connectivity index (χ0n) is 14.2. The summed E-state index contributed by atoms with van der Waals surface area (Å²) in [7, 11) is 0. The van der Waals surface area contributed by atoms with E-state index < -0.39 is 0 Å². The Morgan fingerprint density at radius 1 is 1.16 bits per heavy atom. The van der Waals surface area contributed by atoms with Crippen LogP contribution in [-0.4, -0.2) is 30.3 Å². The third kappa shape index (κ3) is 3.99. The van der Waals surface area contributed by atoms with Crippen molar-refractivity contribution in [3.63, 3.8) is 0 Å². The van der Waals surface area contributed by atoms with Crippen LogP contribution in [0.3, 0.4) is 0 Å². The summed E-state index contributed by atoms with van der Waals surface area (Å²) in [6.45, 7) is 0.584. The lowest BCUT2D eigenvalue weighted by atomic mass is 9.84. The Balaban J connectivity index is 1.66. The minimum Gasteiger partial charge on any atom is -0.349 e. The highest BCUT2D eigenvalue weighted by atomic mass is 16.2. The SMILES string of the molecule is NCC1CCCCC1NC(=O)c1ccc(N2NC(=O)CCC2=O)cc1. The van der Waals surface area contributed by atoms with Crippen molar-refractivity contribution in [1.29, 1.82) is 0 Å². The quantitative estimate of drug-likeness (QED) is 0.760. The molecular weight excluding hydrogens is 320 g/mol. The van der Waals surface area contributed by atoms with Crippen LogP contribution in [0.15, 0.2) is 24.3 Å². The first-order valence-corrected chi connectivity index (χ1v) is 8.82. The van der Waals surface area contributed by atoms with Crippen LogP contribution < -0.4 is 21.5 Å². The van der Waals surface area contributed by atoms with Gasteiger partial charge >= 0.3 is 0 Å². The molecule has 2 unspecified atom stereocenters. The van der Waals surface area contributed by atoms with Gasteiger partial charge in [-0.05, 0) is 49.6 Å². The van der Waals surface area contributed by atoms with Crippen molar-refractivity contribution >= 4 is 23.4 Å². The summed E-state index contributed by atoms with van der Waals surface area (Å²) in [6.07, 6.45) is 4.68. The summed E-state index contributed by atoms with van der Waals surface area (Å²) in [6, 6.07) is 6.78. The van der Waals surface area contributed by atoms with Crippen molar-refractivity contribution < 1.29 is 14.4 Å². The lowest BCUT2D eigenvalue weighted by Gasteiger charge is -2.31. The van der Waals surface area contributed by atoms with Gasteiger partial charge in [-0.2, -0.15) is 0 Å². The van der Waals surface area contributed by atoms with Crippen LogP contribution in [0.5, 0.6) is 0 Å². The molecule has 3 amide bonds. The summed E-state index contributed by atoms with van der Waals surface area (Å²) in [5.41, 5.74) is 9.43. The molecule has 2 atom stereocenters. The van der Waals surface area contributed by atoms with E-state index in [1.54, 1.807) is 24.3 Å². The number of benzene rings is 1. The van der Waals surface area contributed by atoms with Crippen LogP contribution >= 0.6 is 0 Å². The van der Waals surface area contributed by atoms with Gasteiger partial charge in [0.15, 0.2) is 0 Å². The summed E-state index contributed by atoms with van der Waals surface area (Å²) < 4.78 is 0. The predicted octanol–water partition coefficient (Wildman–Crippen LogP) is 1.09. The number of hydrogen-bond acceptors (Lipinski definition) is 4. The van der Waals surface area contributed by atoms with Gasteiger partial charge in [-0.15, -0.1) is 0 Å². The average molecular weight is 344 g/mol. The summed E-state index contributed by atoms with van der Waals surface area (Å²) >= 11 is 0. The van der Waals surface area contributed by atoms with E-state index in [4.69, 9.17) is 5.73 Å². The number of carbonyl (C=O) groups is 3. The highest BCUT2D eigenvalue weighted by molar-refractivity contribution is 6.01. The minimum atomic E-state index is -0.188. The van der Waals surface area contributed by atoms with E-state index in [1.165, 1.54) is 11.4 Å². The lowest BCUT2D eigenvalue weighted by Crippen LogP contribution is -2.50. The third-order valence-electron chi connectivity index (χ3n) is 4.97. The Morgan fingerprint density at radius 2 is 1.88 bits per heavy atom. The van der Waals surface area contributed by atoms with Crippen LogP contribution in [0.1, 0.15) is 48.9 Å². The molecule has 0 spiro atoms. The van der Waals surface area contributed by atoms with E-state index in [1.807, 2.05) is 0 Å². The molecule has 1 saturated carbocycles. The van der Waals surface area contributed by atoms with Crippen molar-refractivity contribution in [2.75, 3.05) is 11.6 Å². The Kier molecular flexibility index (Phi) is 5.33. The molecule has 25 heavy (non-hydrogen) atoms. The number of hydrazine groups is 1. The molecule has 1 aromatic carbocycles. The first-order valence-electron chi connectivity index (χ1n) is 8.82. The number of carbonyl (C=O) groups excluding carboxylic acids is 3. The fraction of sp³-hybridized carbons (Fsp3) is 0.500. The Morgan fingerprint density at radius 3 is 2.60 bits per heavy atom. The van der Waals surface area contributed by atoms with Crippen molar-refractivity contribution in [2.24, 2.45) is 11.7 Å². The molecule has 7 heteroatoms. The molecule has 4 N–H and O–H groups in total. The highest BCUT2D eigenvalue weighted by Crippen LogP contribution is 2.24. The molecular formula is C18H24N4O3. The van der Waals surface area contributed by atoms with Crippen LogP contribution in [0.25, 0.3) is 0 Å². The van der Waals surface area contributed by atoms with Gasteiger partial charge in [0.05, 0.1) is 5.69 Å². The Hall–Kier alpha value is -2.41. The molecule has 7 nitrogen and oxygen atoms in total. The second kappa shape index (κ2) is 7.65. The van der Waals surface area contributed by atoms with Gasteiger partial charge in [0.1, 0.15) is 0 Å². The van der Waals surface area contributed by atoms with E-state index in [2.05, 4.69) is 10.7 Å². The largest absolute Gasteiger partial charge is 0.349 e. The number of nitrogens with two attached hydrogens (primary N) is 1. The van der Waals surface area contributed by atoms with Crippen molar-refractivity contribution in [3.8, 4) is 0 Å². The maximum absolute atomic E-state index is 12.5. The second-order valence-electron chi connectivity index (χ2n) is 6.67. The molecule has 134 valence electrons. The maximum Gasteiger partial charge on any atom is 0.251 e. The van der Waals surface area contributed by atoms with Gasteiger partial charge < -0.3 is 11.1 Å². The van der Waals surface area contributed by atoms with Crippen LogP contribution in [0.2, 0.25) is 0 Å². The second-order valence-corrected chi connectivity index (χ2v) is 6.67. The minimum absolute atomic E-state index is 0.119. The van der Waals surface area contributed by atoms with Crippen LogP contribution in [0.4, 0.5) is 5.69 Å². The van der Waals surface area contributed by atoms with E-state index in [-0.39, 0.29) is 36.6 Å². The number of nitrogens with one attached hydrogen (secondary N) is 2. The summed E-state index contributed by atoms with van der Waals surface area (Å²) in [5.74, 6) is -0.152. The van der Waals surface area contributed by atoms with E-state index in [0.717, 1.165) is 19.3 Å². The molecule has 1 aliphatic heterocycles. The van der Waals surface area contributed by atoms with E-state index in [9.17, 15) is 14.4 Å². The van der Waals surface area contributed by atoms with Gasteiger partial charge in [0.2, 0.25) is 11.8 Å². The van der Waals surface area contributed by atoms with Crippen molar-refractivity contribution in [1.82, 2.24) is 10.7 Å². The molecule has 0 aromatic heterocycles. The molecule has 1 saturated heterocycles. The average Bonchev–Trinajstić information content (AvgIpc) is 2.64. The molecule has 2 aliphatic rings. The van der Waals surface area contributed by atoms with Gasteiger partial charge in [0.25, 0.3) is 5.91 Å². The molecule has 2 fully saturated rings. The maximum atomic E-state index is 12.5. The van der Waals surface area contributed by atoms with Gasteiger partial charge in [-0.3, -0.25) is 19.8 Å². The fourth-order valence-electron chi connectivity index (χ4n) is 3.48. The van der Waals surface area contributed by atoms with Crippen molar-refractivity contribution in [2.45, 2.75) is 44.6 Å². The van der Waals surface area contributed by atoms with Crippen LogP contribution in [0, 0.1) is 5.92 Å². The Bertz CT molecular complexity index is 659. The molecule has 1 aromatic rings. The molecule has 1 heterocycles. The molecule has 0 bridgehead atoms. The van der Waals surface area contributed by atoms with Gasteiger partial charge in [-0.25, -0.2) is 5.01 Å². The number of hydrogen-bond donors (Lipinski definition) is 3. The number of rotatable bonds is 4. The zero-order chi connectivity index (χ0) is 17.8. The molecule has 0 radical (unpaired) electrons. The standard InChI is InChI=1S/C18H24N4O3/c19-11-13-3-1-2-4-15(13)20-18(25)12-5-7-14(8-6-12)22-17(24)10-9-16(23)21-22/h5-8,13,15H,1-4,9-11,19H2,(H,20,25)(H,21,23). The van der Waals surface area contributed by atoms with Crippen molar-refractivity contribution in [3.05, 3.63) is 29.8 Å². The topological polar surface area (TPSA) is 105 Å². The third-order valence-corrected chi connectivity index (χ3v) is 4.97. The number of anilines is 1. The smallest absolute Gasteiger partial charge is 0.251 e. The summed E-state index contributed by atoms with van der Waals surface area (Å²) in [4.78, 5) is 35.9. The number of amides is 3. The zero-order valence-corrected chi connectivity index (χ0v) is 14.2. The monoisotopic (exact) mass is 344 g/mol. The van der Waals surface area contributed by atoms with Crippen LogP contribution in [-0.2, 0) is 9.59 Å². The number of nitrogens with zero attached hydrogens (tertiary/aromatic N) is 1. The normalized spacial score (nSPS) is 24.0. The van der Waals surface area contributed by atoms with E-state index >= 15 is 0 Å². The lowest BCUT2D eigenvalue weighted by molar-refractivity contribution is -0.130.